The van der Waals surface area contributed by atoms with Crippen LogP contribution in [0.1, 0.15) is 6.42 Å². The van der Waals surface area contributed by atoms with Crippen LogP contribution in [0.5, 0.6) is 0 Å². The number of benzene rings is 1. The van der Waals surface area contributed by atoms with Crippen molar-refractivity contribution in [2.45, 2.75) is 13.0 Å². The van der Waals surface area contributed by atoms with Gasteiger partial charge in [0.1, 0.15) is 0 Å². The zero-order valence-electron chi connectivity index (χ0n) is 8.94. The molecule has 0 amide bonds. The number of nitrogens with zero attached hydrogens (tertiary/aromatic N) is 2. The van der Waals surface area contributed by atoms with Gasteiger partial charge in [0.2, 0.25) is 0 Å². The largest absolute Gasteiger partial charge is 0.330 e. The number of nitrogens with two attached hydrogens (primary N) is 1. The summed E-state index contributed by atoms with van der Waals surface area (Å²) < 4.78 is 1.91. The van der Waals surface area contributed by atoms with Crippen LogP contribution in [-0.2, 0) is 6.54 Å². The second-order valence-corrected chi connectivity index (χ2v) is 4.08. The van der Waals surface area contributed by atoms with Gasteiger partial charge < -0.3 is 5.73 Å². The van der Waals surface area contributed by atoms with Crippen molar-refractivity contribution in [3.05, 3.63) is 41.7 Å². The van der Waals surface area contributed by atoms with Crippen LogP contribution in [0.15, 0.2) is 36.7 Å². The van der Waals surface area contributed by atoms with E-state index in [2.05, 4.69) is 5.10 Å². The highest BCUT2D eigenvalue weighted by Crippen LogP contribution is 2.21. The fourth-order valence-electron chi connectivity index (χ4n) is 1.56. The zero-order chi connectivity index (χ0) is 11.4. The van der Waals surface area contributed by atoms with Gasteiger partial charge >= 0.3 is 0 Å². The molecule has 84 valence electrons. The van der Waals surface area contributed by atoms with Crippen LogP contribution in [-0.4, -0.2) is 16.3 Å². The van der Waals surface area contributed by atoms with E-state index in [1.54, 1.807) is 0 Å². The Labute approximate surface area is 99.8 Å². The first kappa shape index (κ1) is 11.2. The number of aryl methyl sites for hydroxylation is 1. The van der Waals surface area contributed by atoms with Crippen LogP contribution in [0.3, 0.4) is 0 Å². The Morgan fingerprint density at radius 2 is 2.19 bits per heavy atom. The van der Waals surface area contributed by atoms with Crippen molar-refractivity contribution in [2.75, 3.05) is 6.54 Å². The molecule has 0 saturated carbocycles. The molecule has 2 aromatic rings. The SMILES string of the molecule is NCCCn1cc(-c2cccc(Cl)c2)cn1. The van der Waals surface area contributed by atoms with Gasteiger partial charge in [0.05, 0.1) is 6.20 Å². The number of halogens is 1. The van der Waals surface area contributed by atoms with Crippen molar-refractivity contribution < 1.29 is 0 Å². The summed E-state index contributed by atoms with van der Waals surface area (Å²) in [7, 11) is 0. The summed E-state index contributed by atoms with van der Waals surface area (Å²) in [5.74, 6) is 0. The smallest absolute Gasteiger partial charge is 0.0568 e. The highest BCUT2D eigenvalue weighted by atomic mass is 35.5. The van der Waals surface area contributed by atoms with E-state index >= 15 is 0 Å². The third-order valence-corrected chi connectivity index (χ3v) is 2.62. The van der Waals surface area contributed by atoms with E-state index in [1.165, 1.54) is 0 Å². The Hall–Kier alpha value is -1.32. The third-order valence-electron chi connectivity index (χ3n) is 2.38. The molecule has 3 nitrogen and oxygen atoms in total. The fourth-order valence-corrected chi connectivity index (χ4v) is 1.75. The second kappa shape index (κ2) is 5.14. The number of hydrogen-bond acceptors (Lipinski definition) is 2. The third kappa shape index (κ3) is 2.62. The van der Waals surface area contributed by atoms with Crippen molar-refractivity contribution in [2.24, 2.45) is 5.73 Å². The lowest BCUT2D eigenvalue weighted by molar-refractivity contribution is 0.585. The minimum atomic E-state index is 0.687. The molecule has 0 aliphatic rings. The highest BCUT2D eigenvalue weighted by molar-refractivity contribution is 6.30. The molecule has 0 atom stereocenters. The maximum atomic E-state index is 5.94. The molecular formula is C12H14ClN3. The van der Waals surface area contributed by atoms with E-state index in [-0.39, 0.29) is 0 Å². The molecule has 0 unspecified atom stereocenters. The van der Waals surface area contributed by atoms with E-state index in [0.29, 0.717) is 6.54 Å². The second-order valence-electron chi connectivity index (χ2n) is 3.64. The molecule has 0 bridgehead atoms. The summed E-state index contributed by atoms with van der Waals surface area (Å²) in [5.41, 5.74) is 7.63. The molecular weight excluding hydrogens is 222 g/mol. The predicted octanol–water partition coefficient (Wildman–Crippen LogP) is 2.55. The molecule has 4 heteroatoms. The summed E-state index contributed by atoms with van der Waals surface area (Å²) in [6, 6.07) is 7.76. The Morgan fingerprint density at radius 3 is 2.94 bits per heavy atom. The quantitative estimate of drug-likeness (QED) is 0.885. The lowest BCUT2D eigenvalue weighted by Gasteiger charge is -1.99. The van der Waals surface area contributed by atoms with Gasteiger partial charge in [-0.2, -0.15) is 5.10 Å². The Balaban J connectivity index is 2.18. The standard InChI is InChI=1S/C12H14ClN3/c13-12-4-1-3-10(7-12)11-8-15-16(9-11)6-2-5-14/h1,3-4,7-9H,2,5-6,14H2. The number of aromatic nitrogens is 2. The minimum absolute atomic E-state index is 0.687. The molecule has 0 saturated heterocycles. The predicted molar refractivity (Wildman–Crippen MR) is 66.3 cm³/mol. The molecule has 0 aliphatic heterocycles. The molecule has 1 heterocycles. The van der Waals surface area contributed by atoms with Crippen LogP contribution in [0.2, 0.25) is 5.02 Å². The average molecular weight is 236 g/mol. The first-order chi connectivity index (χ1) is 7.79. The Bertz CT molecular complexity index is 465. The molecule has 2 rings (SSSR count). The van der Waals surface area contributed by atoms with Gasteiger partial charge in [0.25, 0.3) is 0 Å². The summed E-state index contributed by atoms with van der Waals surface area (Å²) in [6.07, 6.45) is 4.81. The Kier molecular flexibility index (Phi) is 3.59. The van der Waals surface area contributed by atoms with Crippen LogP contribution in [0.25, 0.3) is 11.1 Å². The van der Waals surface area contributed by atoms with Crippen LogP contribution < -0.4 is 5.73 Å². The van der Waals surface area contributed by atoms with E-state index < -0.39 is 0 Å². The van der Waals surface area contributed by atoms with Crippen molar-refractivity contribution in [1.29, 1.82) is 0 Å². The molecule has 1 aromatic heterocycles. The molecule has 0 aliphatic carbocycles. The molecule has 2 N–H and O–H groups in total. The fraction of sp³-hybridized carbons (Fsp3) is 0.250. The summed E-state index contributed by atoms with van der Waals surface area (Å²) in [6.45, 7) is 1.55. The van der Waals surface area contributed by atoms with Gasteiger partial charge in [-0.3, -0.25) is 4.68 Å². The summed E-state index contributed by atoms with van der Waals surface area (Å²) in [5, 5.41) is 5.02. The van der Waals surface area contributed by atoms with Gasteiger partial charge in [-0.25, -0.2) is 0 Å². The normalized spacial score (nSPS) is 10.6. The van der Waals surface area contributed by atoms with Crippen LogP contribution in [0, 0.1) is 0 Å². The van der Waals surface area contributed by atoms with Crippen molar-refractivity contribution >= 4 is 11.6 Å². The first-order valence-electron chi connectivity index (χ1n) is 5.28. The van der Waals surface area contributed by atoms with E-state index in [4.69, 9.17) is 17.3 Å². The van der Waals surface area contributed by atoms with E-state index in [9.17, 15) is 0 Å². The molecule has 0 radical (unpaired) electrons. The molecule has 0 fully saturated rings. The maximum absolute atomic E-state index is 5.94. The van der Waals surface area contributed by atoms with Crippen molar-refractivity contribution in [3.63, 3.8) is 0 Å². The van der Waals surface area contributed by atoms with Crippen molar-refractivity contribution in [1.82, 2.24) is 9.78 Å². The molecule has 16 heavy (non-hydrogen) atoms. The van der Waals surface area contributed by atoms with Gasteiger partial charge in [0, 0.05) is 23.3 Å². The van der Waals surface area contributed by atoms with Crippen LogP contribution >= 0.6 is 11.6 Å². The minimum Gasteiger partial charge on any atom is -0.330 e. The number of hydrogen-bond donors (Lipinski definition) is 1. The zero-order valence-corrected chi connectivity index (χ0v) is 9.69. The van der Waals surface area contributed by atoms with Gasteiger partial charge in [-0.05, 0) is 30.7 Å². The summed E-state index contributed by atoms with van der Waals surface area (Å²) >= 11 is 5.94. The monoisotopic (exact) mass is 235 g/mol. The first-order valence-corrected chi connectivity index (χ1v) is 5.66. The van der Waals surface area contributed by atoms with Crippen molar-refractivity contribution in [3.8, 4) is 11.1 Å². The highest BCUT2D eigenvalue weighted by Gasteiger charge is 2.01. The number of rotatable bonds is 4. The molecule has 0 spiro atoms. The lowest BCUT2D eigenvalue weighted by Crippen LogP contribution is -2.05. The Morgan fingerprint density at radius 1 is 1.31 bits per heavy atom. The maximum Gasteiger partial charge on any atom is 0.0568 e. The van der Waals surface area contributed by atoms with E-state index in [0.717, 1.165) is 29.1 Å². The summed E-state index contributed by atoms with van der Waals surface area (Å²) in [4.78, 5) is 0. The average Bonchev–Trinajstić information content (AvgIpc) is 2.75. The lowest BCUT2D eigenvalue weighted by atomic mass is 10.1. The van der Waals surface area contributed by atoms with Crippen LogP contribution in [0.4, 0.5) is 0 Å². The van der Waals surface area contributed by atoms with Gasteiger partial charge in [0.15, 0.2) is 0 Å². The van der Waals surface area contributed by atoms with Gasteiger partial charge in [-0.1, -0.05) is 23.7 Å². The molecule has 1 aromatic carbocycles. The topological polar surface area (TPSA) is 43.8 Å². The van der Waals surface area contributed by atoms with E-state index in [1.807, 2.05) is 41.3 Å². The van der Waals surface area contributed by atoms with Gasteiger partial charge in [-0.15, -0.1) is 0 Å².